The van der Waals surface area contributed by atoms with E-state index < -0.39 is 6.10 Å². The predicted octanol–water partition coefficient (Wildman–Crippen LogP) is 4.12. The molecule has 2 atom stereocenters. The molecule has 0 aromatic heterocycles. The highest BCUT2D eigenvalue weighted by Gasteiger charge is 2.29. The van der Waals surface area contributed by atoms with Crippen molar-refractivity contribution in [2.24, 2.45) is 5.73 Å². The lowest BCUT2D eigenvalue weighted by molar-refractivity contribution is 0.156. The Labute approximate surface area is 131 Å². The van der Waals surface area contributed by atoms with Gasteiger partial charge < -0.3 is 15.2 Å². The number of hydrogen-bond acceptors (Lipinski definition) is 3. The van der Waals surface area contributed by atoms with E-state index in [2.05, 4.69) is 15.9 Å². The molecule has 3 rings (SSSR count). The van der Waals surface area contributed by atoms with Crippen molar-refractivity contribution in [3.63, 3.8) is 0 Å². The second-order valence-electron chi connectivity index (χ2n) is 5.02. The maximum absolute atomic E-state index is 14.1. The zero-order valence-electron chi connectivity index (χ0n) is 11.5. The summed E-state index contributed by atoms with van der Waals surface area (Å²) in [7, 11) is 1.59. The number of hydrogen-bond donors (Lipinski definition) is 1. The van der Waals surface area contributed by atoms with Gasteiger partial charge in [-0.15, -0.1) is 0 Å². The quantitative estimate of drug-likeness (QED) is 0.884. The molecule has 2 N–H and O–H groups in total. The second-order valence-corrected chi connectivity index (χ2v) is 5.93. The molecule has 0 aliphatic carbocycles. The topological polar surface area (TPSA) is 44.5 Å². The van der Waals surface area contributed by atoms with Gasteiger partial charge in [0, 0.05) is 34.1 Å². The fourth-order valence-electron chi connectivity index (χ4n) is 2.56. The third-order valence-corrected chi connectivity index (χ3v) is 4.16. The lowest BCUT2D eigenvalue weighted by atomic mass is 9.93. The first-order valence-corrected chi connectivity index (χ1v) is 7.43. The summed E-state index contributed by atoms with van der Waals surface area (Å²) in [5.74, 6) is 1.05. The van der Waals surface area contributed by atoms with Crippen molar-refractivity contribution in [2.45, 2.75) is 18.6 Å². The molecule has 0 fully saturated rings. The van der Waals surface area contributed by atoms with Gasteiger partial charge in [0.1, 0.15) is 23.4 Å². The number of ether oxygens (including phenoxy) is 2. The Morgan fingerprint density at radius 1 is 1.24 bits per heavy atom. The lowest BCUT2D eigenvalue weighted by Crippen LogP contribution is -2.24. The molecule has 1 aliphatic heterocycles. The predicted molar refractivity (Wildman–Crippen MR) is 82.0 cm³/mol. The zero-order chi connectivity index (χ0) is 15.0. The third-order valence-electron chi connectivity index (χ3n) is 3.67. The van der Waals surface area contributed by atoms with Crippen molar-refractivity contribution in [3.8, 4) is 11.5 Å². The van der Waals surface area contributed by atoms with Gasteiger partial charge in [0.15, 0.2) is 0 Å². The Morgan fingerprint density at radius 2 is 2.00 bits per heavy atom. The molecule has 0 radical (unpaired) electrons. The summed E-state index contributed by atoms with van der Waals surface area (Å²) in [5, 5.41) is 0. The summed E-state index contributed by atoms with van der Waals surface area (Å²) >= 11 is 3.25. The number of halogens is 2. The van der Waals surface area contributed by atoms with E-state index >= 15 is 0 Å². The normalized spacial score (nSPS) is 20.6. The number of methoxy groups -OCH3 is 1. The molecule has 0 saturated heterocycles. The van der Waals surface area contributed by atoms with Crippen molar-refractivity contribution in [3.05, 3.63) is 57.8 Å². The summed E-state index contributed by atoms with van der Waals surface area (Å²) in [6, 6.07) is 10.3. The van der Waals surface area contributed by atoms with Crippen molar-refractivity contribution in [1.29, 1.82) is 0 Å². The standard InChI is InChI=1S/C16H15BrFNO2/c1-20-10-3-5-12-14(19)8-16(21-15(12)7-10)11-4-2-9(17)6-13(11)18/h2-7,14,16H,8,19H2,1H3/t14-,16?/m1/s1. The van der Waals surface area contributed by atoms with E-state index in [1.165, 1.54) is 6.07 Å². The van der Waals surface area contributed by atoms with Crippen molar-refractivity contribution in [2.75, 3.05) is 7.11 Å². The molecule has 1 aliphatic rings. The SMILES string of the molecule is COc1ccc2c(c1)OC(c1ccc(Br)cc1F)C[C@H]2N. The molecule has 3 nitrogen and oxygen atoms in total. The minimum absolute atomic E-state index is 0.187. The first kappa shape index (κ1) is 14.4. The molecular weight excluding hydrogens is 337 g/mol. The number of rotatable bonds is 2. The third kappa shape index (κ3) is 2.76. The molecule has 110 valence electrons. The Kier molecular flexibility index (Phi) is 3.87. The molecule has 1 heterocycles. The Bertz CT molecular complexity index is 677. The average Bonchev–Trinajstić information content (AvgIpc) is 2.46. The molecular formula is C16H15BrFNO2. The van der Waals surface area contributed by atoms with Crippen LogP contribution in [0, 0.1) is 5.82 Å². The highest BCUT2D eigenvalue weighted by Crippen LogP contribution is 2.42. The number of fused-ring (bicyclic) bond motifs is 1. The summed E-state index contributed by atoms with van der Waals surface area (Å²) in [6.45, 7) is 0. The van der Waals surface area contributed by atoms with Crippen LogP contribution in [0.5, 0.6) is 11.5 Å². The van der Waals surface area contributed by atoms with Crippen molar-refractivity contribution >= 4 is 15.9 Å². The van der Waals surface area contributed by atoms with Crippen LogP contribution in [0.25, 0.3) is 0 Å². The molecule has 21 heavy (non-hydrogen) atoms. The van der Waals surface area contributed by atoms with Crippen LogP contribution in [-0.4, -0.2) is 7.11 Å². The minimum Gasteiger partial charge on any atom is -0.497 e. The van der Waals surface area contributed by atoms with Gasteiger partial charge in [-0.05, 0) is 18.2 Å². The van der Waals surface area contributed by atoms with E-state index in [1.54, 1.807) is 25.3 Å². The molecule has 2 aromatic carbocycles. The van der Waals surface area contributed by atoms with E-state index in [4.69, 9.17) is 15.2 Å². The molecule has 5 heteroatoms. The highest BCUT2D eigenvalue weighted by molar-refractivity contribution is 9.10. The fourth-order valence-corrected chi connectivity index (χ4v) is 2.90. The van der Waals surface area contributed by atoms with Gasteiger partial charge in [-0.1, -0.05) is 28.1 Å². The number of benzene rings is 2. The van der Waals surface area contributed by atoms with Gasteiger partial charge in [0.25, 0.3) is 0 Å². The maximum Gasteiger partial charge on any atom is 0.131 e. The average molecular weight is 352 g/mol. The first-order valence-electron chi connectivity index (χ1n) is 6.63. The van der Waals surface area contributed by atoms with Crippen LogP contribution in [0.4, 0.5) is 4.39 Å². The molecule has 2 aromatic rings. The van der Waals surface area contributed by atoms with Gasteiger partial charge in [0.2, 0.25) is 0 Å². The minimum atomic E-state index is -0.396. The van der Waals surface area contributed by atoms with Crippen LogP contribution in [0.1, 0.15) is 29.7 Å². The fraction of sp³-hybridized carbons (Fsp3) is 0.250. The molecule has 0 saturated carbocycles. The van der Waals surface area contributed by atoms with E-state index in [0.29, 0.717) is 28.0 Å². The van der Waals surface area contributed by atoms with Crippen LogP contribution in [0.15, 0.2) is 40.9 Å². The van der Waals surface area contributed by atoms with Gasteiger partial charge in [-0.2, -0.15) is 0 Å². The summed E-state index contributed by atoms with van der Waals surface area (Å²) in [5.41, 5.74) is 7.63. The van der Waals surface area contributed by atoms with E-state index in [9.17, 15) is 4.39 Å². The van der Waals surface area contributed by atoms with Crippen LogP contribution in [0.3, 0.4) is 0 Å². The molecule has 0 amide bonds. The van der Waals surface area contributed by atoms with E-state index in [1.807, 2.05) is 12.1 Å². The van der Waals surface area contributed by atoms with Crippen molar-refractivity contribution < 1.29 is 13.9 Å². The lowest BCUT2D eigenvalue weighted by Gasteiger charge is -2.31. The van der Waals surface area contributed by atoms with Crippen LogP contribution in [0.2, 0.25) is 0 Å². The van der Waals surface area contributed by atoms with Crippen LogP contribution in [-0.2, 0) is 0 Å². The number of nitrogens with two attached hydrogens (primary N) is 1. The Balaban J connectivity index is 1.96. The van der Waals surface area contributed by atoms with Crippen LogP contribution < -0.4 is 15.2 Å². The van der Waals surface area contributed by atoms with Gasteiger partial charge >= 0.3 is 0 Å². The highest BCUT2D eigenvalue weighted by atomic mass is 79.9. The Morgan fingerprint density at radius 3 is 2.71 bits per heavy atom. The van der Waals surface area contributed by atoms with E-state index in [0.717, 1.165) is 5.56 Å². The maximum atomic E-state index is 14.1. The van der Waals surface area contributed by atoms with Gasteiger partial charge in [0.05, 0.1) is 7.11 Å². The van der Waals surface area contributed by atoms with Crippen molar-refractivity contribution in [1.82, 2.24) is 0 Å². The first-order chi connectivity index (χ1) is 10.1. The molecule has 0 spiro atoms. The molecule has 1 unspecified atom stereocenters. The van der Waals surface area contributed by atoms with Gasteiger partial charge in [-0.25, -0.2) is 4.39 Å². The van der Waals surface area contributed by atoms with Crippen LogP contribution >= 0.6 is 15.9 Å². The van der Waals surface area contributed by atoms with Gasteiger partial charge in [-0.3, -0.25) is 0 Å². The second kappa shape index (κ2) is 5.66. The molecule has 0 bridgehead atoms. The van der Waals surface area contributed by atoms with E-state index in [-0.39, 0.29) is 11.9 Å². The zero-order valence-corrected chi connectivity index (χ0v) is 13.1. The summed E-state index contributed by atoms with van der Waals surface area (Å²) in [6.07, 6.45) is 0.144. The summed E-state index contributed by atoms with van der Waals surface area (Å²) in [4.78, 5) is 0. The monoisotopic (exact) mass is 351 g/mol. The summed E-state index contributed by atoms with van der Waals surface area (Å²) < 4.78 is 25.9. The Hall–Kier alpha value is -1.59. The smallest absolute Gasteiger partial charge is 0.131 e. The largest absolute Gasteiger partial charge is 0.497 e.